The monoisotopic (exact) mass is 484 g/mol. The van der Waals surface area contributed by atoms with Crippen molar-refractivity contribution in [2.24, 2.45) is 0 Å². The first-order chi connectivity index (χ1) is 15.8. The number of methoxy groups -OCH3 is 1. The Hall–Kier alpha value is -3.17. The van der Waals surface area contributed by atoms with Crippen LogP contribution in [0.2, 0.25) is 0 Å². The van der Waals surface area contributed by atoms with Crippen LogP contribution in [-0.4, -0.2) is 49.1 Å². The predicted molar refractivity (Wildman–Crippen MR) is 126 cm³/mol. The third-order valence-electron chi connectivity index (χ3n) is 5.63. The van der Waals surface area contributed by atoms with E-state index in [0.717, 1.165) is 10.4 Å². The van der Waals surface area contributed by atoms with Gasteiger partial charge in [0.15, 0.2) is 0 Å². The van der Waals surface area contributed by atoms with Crippen molar-refractivity contribution in [3.63, 3.8) is 0 Å². The van der Waals surface area contributed by atoms with Crippen molar-refractivity contribution in [1.82, 2.24) is 9.21 Å². The van der Waals surface area contributed by atoms with Crippen LogP contribution in [0.15, 0.2) is 70.9 Å². The van der Waals surface area contributed by atoms with Crippen LogP contribution in [-0.2, 0) is 27.8 Å². The summed E-state index contributed by atoms with van der Waals surface area (Å²) in [5.74, 6) is -0.399. The lowest BCUT2D eigenvalue weighted by Crippen LogP contribution is -2.46. The van der Waals surface area contributed by atoms with Gasteiger partial charge in [0.25, 0.3) is 15.9 Å². The second-order valence-corrected chi connectivity index (χ2v) is 10.7. The molecule has 2 aromatic carbocycles. The molecule has 172 valence electrons. The number of thiophene rings is 1. The van der Waals surface area contributed by atoms with Crippen LogP contribution < -0.4 is 4.74 Å². The molecule has 2 heterocycles. The van der Waals surface area contributed by atoms with Gasteiger partial charge in [-0.1, -0.05) is 30.3 Å². The molecule has 4 rings (SSSR count). The van der Waals surface area contributed by atoms with Crippen LogP contribution in [0, 0.1) is 0 Å². The molecule has 7 nitrogen and oxygen atoms in total. The fourth-order valence-electron chi connectivity index (χ4n) is 3.85. The van der Waals surface area contributed by atoms with E-state index in [-0.39, 0.29) is 23.0 Å². The van der Waals surface area contributed by atoms with Gasteiger partial charge >= 0.3 is 0 Å². The number of sulfonamides is 1. The standard InChI is InChI=1S/C24H24N2O5S2/c1-17(14-20-6-5-13-32-20)25(15-18-9-11-19(31-2)12-10-18)23(27)16-26-24(28)21-7-3-4-8-22(21)33(26,29)30/h3-13,17H,14-16H2,1-2H3/t17-/m0/s1. The molecule has 0 fully saturated rings. The average molecular weight is 485 g/mol. The van der Waals surface area contributed by atoms with E-state index in [2.05, 4.69) is 0 Å². The van der Waals surface area contributed by atoms with E-state index in [0.29, 0.717) is 16.5 Å². The fraction of sp³-hybridized carbons (Fsp3) is 0.250. The van der Waals surface area contributed by atoms with E-state index in [1.54, 1.807) is 35.5 Å². The molecular weight excluding hydrogens is 460 g/mol. The molecule has 0 N–H and O–H groups in total. The van der Waals surface area contributed by atoms with Crippen molar-refractivity contribution >= 4 is 33.2 Å². The second kappa shape index (κ2) is 9.36. The van der Waals surface area contributed by atoms with Crippen molar-refractivity contribution in [1.29, 1.82) is 0 Å². The zero-order chi connectivity index (χ0) is 23.6. The molecule has 3 aromatic rings. The molecule has 1 aromatic heterocycles. The average Bonchev–Trinajstić information content (AvgIpc) is 3.39. The number of hydrogen-bond acceptors (Lipinski definition) is 6. The zero-order valence-corrected chi connectivity index (χ0v) is 19.9. The van der Waals surface area contributed by atoms with E-state index >= 15 is 0 Å². The van der Waals surface area contributed by atoms with Crippen molar-refractivity contribution < 1.29 is 22.7 Å². The van der Waals surface area contributed by atoms with Gasteiger partial charge in [0, 0.05) is 23.9 Å². The number of ether oxygens (including phenoxy) is 1. The Morgan fingerprint density at radius 1 is 1.09 bits per heavy atom. The molecule has 0 bridgehead atoms. The highest BCUT2D eigenvalue weighted by Gasteiger charge is 2.42. The van der Waals surface area contributed by atoms with Crippen LogP contribution in [0.3, 0.4) is 0 Å². The Balaban J connectivity index is 1.59. The van der Waals surface area contributed by atoms with Gasteiger partial charge in [-0.2, -0.15) is 0 Å². The first-order valence-corrected chi connectivity index (χ1v) is 12.7. The molecule has 0 spiro atoms. The third-order valence-corrected chi connectivity index (χ3v) is 8.32. The van der Waals surface area contributed by atoms with Gasteiger partial charge in [-0.3, -0.25) is 9.59 Å². The summed E-state index contributed by atoms with van der Waals surface area (Å²) in [7, 11) is -2.48. The lowest BCUT2D eigenvalue weighted by Gasteiger charge is -2.31. The summed E-state index contributed by atoms with van der Waals surface area (Å²) in [6, 6.07) is 17.1. The summed E-state index contributed by atoms with van der Waals surface area (Å²) in [6.45, 7) is 1.67. The number of carbonyl (C=O) groups is 2. The minimum atomic E-state index is -4.06. The topological polar surface area (TPSA) is 84.0 Å². The number of nitrogens with zero attached hydrogens (tertiary/aromatic N) is 2. The number of fused-ring (bicyclic) bond motifs is 1. The minimum Gasteiger partial charge on any atom is -0.497 e. The predicted octanol–water partition coefficient (Wildman–Crippen LogP) is 3.56. The molecule has 1 aliphatic rings. The van der Waals surface area contributed by atoms with E-state index < -0.39 is 28.4 Å². The van der Waals surface area contributed by atoms with Gasteiger partial charge in [0.1, 0.15) is 17.2 Å². The summed E-state index contributed by atoms with van der Waals surface area (Å²) in [5.41, 5.74) is 0.972. The van der Waals surface area contributed by atoms with Crippen LogP contribution in [0.5, 0.6) is 5.75 Å². The maximum atomic E-state index is 13.4. The molecule has 0 saturated carbocycles. The number of hydrogen-bond donors (Lipinski definition) is 0. The highest BCUT2D eigenvalue weighted by molar-refractivity contribution is 7.90. The van der Waals surface area contributed by atoms with Crippen LogP contribution in [0.1, 0.15) is 27.7 Å². The van der Waals surface area contributed by atoms with Crippen molar-refractivity contribution in [2.75, 3.05) is 13.7 Å². The SMILES string of the molecule is COc1ccc(CN(C(=O)CN2C(=O)c3ccccc3S2(=O)=O)[C@@H](C)Cc2cccs2)cc1. The Bertz CT molecular complexity index is 1250. The van der Waals surface area contributed by atoms with E-state index in [4.69, 9.17) is 4.74 Å². The van der Waals surface area contributed by atoms with Crippen LogP contribution >= 0.6 is 11.3 Å². The largest absolute Gasteiger partial charge is 0.497 e. The first kappa shape index (κ1) is 23.0. The van der Waals surface area contributed by atoms with Crippen molar-refractivity contribution in [3.8, 4) is 5.75 Å². The van der Waals surface area contributed by atoms with Gasteiger partial charge in [-0.15, -0.1) is 11.3 Å². The molecule has 33 heavy (non-hydrogen) atoms. The number of rotatable bonds is 8. The molecule has 0 saturated heterocycles. The number of benzene rings is 2. The zero-order valence-electron chi connectivity index (χ0n) is 18.3. The summed E-state index contributed by atoms with van der Waals surface area (Å²) in [6.07, 6.45) is 0.625. The smallest absolute Gasteiger partial charge is 0.269 e. The maximum Gasteiger partial charge on any atom is 0.269 e. The third kappa shape index (κ3) is 4.65. The van der Waals surface area contributed by atoms with Crippen molar-refractivity contribution in [2.45, 2.75) is 30.8 Å². The van der Waals surface area contributed by atoms with Crippen molar-refractivity contribution in [3.05, 3.63) is 82.0 Å². The Labute approximate surface area is 197 Å². The summed E-state index contributed by atoms with van der Waals surface area (Å²) < 4.78 is 31.7. The highest BCUT2D eigenvalue weighted by Crippen LogP contribution is 2.30. The lowest BCUT2D eigenvalue weighted by molar-refractivity contribution is -0.133. The Morgan fingerprint density at radius 2 is 1.82 bits per heavy atom. The normalized spacial score (nSPS) is 15.2. The Morgan fingerprint density at radius 3 is 2.45 bits per heavy atom. The molecule has 0 aliphatic carbocycles. The molecule has 1 aliphatic heterocycles. The highest BCUT2D eigenvalue weighted by atomic mass is 32.2. The van der Waals surface area contributed by atoms with Gasteiger partial charge in [-0.05, 0) is 48.2 Å². The molecule has 0 unspecified atom stereocenters. The Kier molecular flexibility index (Phi) is 6.53. The molecule has 0 radical (unpaired) electrons. The fourth-order valence-corrected chi connectivity index (χ4v) is 6.19. The minimum absolute atomic E-state index is 0.0591. The van der Waals surface area contributed by atoms with Crippen LogP contribution in [0.4, 0.5) is 0 Å². The van der Waals surface area contributed by atoms with E-state index in [1.165, 1.54) is 12.1 Å². The van der Waals surface area contributed by atoms with Gasteiger partial charge in [-0.25, -0.2) is 12.7 Å². The van der Waals surface area contributed by atoms with Gasteiger partial charge in [0.05, 0.1) is 12.7 Å². The van der Waals surface area contributed by atoms with E-state index in [9.17, 15) is 18.0 Å². The molecule has 1 atom stereocenters. The van der Waals surface area contributed by atoms with Gasteiger partial charge in [0.2, 0.25) is 5.91 Å². The summed E-state index contributed by atoms with van der Waals surface area (Å²) >= 11 is 1.60. The number of carbonyl (C=O) groups excluding carboxylic acids is 2. The van der Waals surface area contributed by atoms with Gasteiger partial charge < -0.3 is 9.64 Å². The van der Waals surface area contributed by atoms with Crippen LogP contribution in [0.25, 0.3) is 0 Å². The number of amides is 2. The maximum absolute atomic E-state index is 13.4. The molecule has 9 heteroatoms. The molecule has 2 amide bonds. The van der Waals surface area contributed by atoms with E-state index in [1.807, 2.05) is 48.7 Å². The lowest BCUT2D eigenvalue weighted by atomic mass is 10.1. The summed E-state index contributed by atoms with van der Waals surface area (Å²) in [5, 5.41) is 1.98. The summed E-state index contributed by atoms with van der Waals surface area (Å²) in [4.78, 5) is 28.9. The first-order valence-electron chi connectivity index (χ1n) is 10.4. The second-order valence-electron chi connectivity index (χ2n) is 7.82. The molecular formula is C24H24N2O5S2. The quantitative estimate of drug-likeness (QED) is 0.488.